The van der Waals surface area contributed by atoms with Crippen molar-refractivity contribution in [1.82, 2.24) is 0 Å². The van der Waals surface area contributed by atoms with Crippen LogP contribution in [0, 0.1) is 29.2 Å². The zero-order valence-electron chi connectivity index (χ0n) is 2.20. The van der Waals surface area contributed by atoms with Gasteiger partial charge in [0.25, 0.3) is 0 Å². The molecule has 5 heteroatoms. The maximum absolute atomic E-state index is 0. The summed E-state index contributed by atoms with van der Waals surface area (Å²) in [5.74, 6) is 0. The molecule has 0 aromatic carbocycles. The largest absolute Gasteiger partial charge is 4.00 e. The predicted molar refractivity (Wildman–Crippen MR) is 7.74 cm³/mol. The Labute approximate surface area is 51.3 Å². The summed E-state index contributed by atoms with van der Waals surface area (Å²) in [5, 5.41) is 0. The van der Waals surface area contributed by atoms with Crippen molar-refractivity contribution >= 4 is 0 Å². The molecule has 0 fully saturated rings. The summed E-state index contributed by atoms with van der Waals surface area (Å²) >= 11 is 0. The van der Waals surface area contributed by atoms with Gasteiger partial charge in [0.15, 0.2) is 0 Å². The van der Waals surface area contributed by atoms with E-state index in [2.05, 4.69) is 0 Å². The van der Waals surface area contributed by atoms with Crippen molar-refractivity contribution in [2.45, 2.75) is 0 Å². The van der Waals surface area contributed by atoms with E-state index in [1.165, 1.54) is 0 Å². The molecule has 0 aromatic heterocycles. The molecule has 0 amide bonds. The Morgan fingerprint density at radius 1 is 0.400 bits per heavy atom. The summed E-state index contributed by atoms with van der Waals surface area (Å²) in [5.41, 5.74) is 0. The minimum atomic E-state index is 0. The maximum Gasteiger partial charge on any atom is 4.00 e. The second-order valence-electron chi connectivity index (χ2n) is 0. The summed E-state index contributed by atoms with van der Waals surface area (Å²) in [6.07, 6.45) is 0. The van der Waals surface area contributed by atoms with E-state index in [9.17, 15) is 0 Å². The van der Waals surface area contributed by atoms with Crippen LogP contribution in [0.1, 0.15) is 0 Å². The van der Waals surface area contributed by atoms with Crippen LogP contribution in [0.5, 0.6) is 0 Å². The fourth-order valence-corrected chi connectivity index (χ4v) is 0. The van der Waals surface area contributed by atoms with Gasteiger partial charge in [0, 0.05) is 0 Å². The molecular formula is H4O4Pu. The molecule has 34 valence electrons. The van der Waals surface area contributed by atoms with Crippen LogP contribution in [0.3, 0.4) is 0 Å². The van der Waals surface area contributed by atoms with E-state index in [0.29, 0.717) is 0 Å². The molecule has 0 bridgehead atoms. The van der Waals surface area contributed by atoms with E-state index in [1.807, 2.05) is 0 Å². The van der Waals surface area contributed by atoms with Gasteiger partial charge in [-0.2, -0.15) is 0 Å². The van der Waals surface area contributed by atoms with Crippen molar-refractivity contribution in [2.24, 2.45) is 0 Å². The van der Waals surface area contributed by atoms with E-state index in [1.54, 1.807) is 0 Å². The average Bonchev–Trinajstić information content (AvgIpc) is 0. The molecule has 0 saturated heterocycles. The summed E-state index contributed by atoms with van der Waals surface area (Å²) in [7, 11) is 0. The normalized spacial score (nSPS) is 0. The van der Waals surface area contributed by atoms with E-state index in [4.69, 9.17) is 0 Å². The standard InChI is InChI=1S/4H2O.Pu/h4*1H2;/q;;;;+4/p-4. The molecule has 0 heterocycles. The molecule has 0 unspecified atom stereocenters. The number of rotatable bonds is 0. The van der Waals surface area contributed by atoms with E-state index >= 15 is 0 Å². The minimum absolute atomic E-state index is 0. The van der Waals surface area contributed by atoms with Gasteiger partial charge in [-0.05, 0) is 0 Å². The van der Waals surface area contributed by atoms with Gasteiger partial charge in [-0.3, -0.25) is 0 Å². The first-order valence-corrected chi connectivity index (χ1v) is 0. The van der Waals surface area contributed by atoms with Gasteiger partial charge in [0.1, 0.15) is 0 Å². The van der Waals surface area contributed by atoms with E-state index in [0.717, 1.165) is 0 Å². The van der Waals surface area contributed by atoms with Gasteiger partial charge in [0.2, 0.25) is 0 Å². The Morgan fingerprint density at radius 3 is 0.400 bits per heavy atom. The van der Waals surface area contributed by atoms with Crippen LogP contribution in [0.25, 0.3) is 0 Å². The summed E-state index contributed by atoms with van der Waals surface area (Å²) in [6.45, 7) is 0. The summed E-state index contributed by atoms with van der Waals surface area (Å²) < 4.78 is 0. The van der Waals surface area contributed by atoms with Crippen LogP contribution >= 0.6 is 0 Å². The van der Waals surface area contributed by atoms with Crippen molar-refractivity contribution in [3.63, 3.8) is 0 Å². The third-order valence-corrected chi connectivity index (χ3v) is 0. The third kappa shape index (κ3) is 56.4. The monoisotopic (exact) mass is 306 g/mol. The number of hydrogen-bond donors (Lipinski definition) is 0. The molecule has 0 aliphatic carbocycles. The van der Waals surface area contributed by atoms with Crippen LogP contribution in [0.4, 0.5) is 0 Å². The quantitative estimate of drug-likeness (QED) is 0.587. The topological polar surface area (TPSA) is 120 Å². The smallest absolute Gasteiger partial charge is 0.870 e. The molecule has 0 aromatic rings. The third-order valence-electron chi connectivity index (χ3n) is 0. The van der Waals surface area contributed by atoms with Gasteiger partial charge in [-0.25, -0.2) is 0 Å². The Morgan fingerprint density at radius 2 is 0.400 bits per heavy atom. The first kappa shape index (κ1) is 199. The second-order valence-corrected chi connectivity index (χ2v) is 0. The van der Waals surface area contributed by atoms with Crippen molar-refractivity contribution < 1.29 is 51.1 Å². The molecule has 4 nitrogen and oxygen atoms in total. The van der Waals surface area contributed by atoms with E-state index < -0.39 is 0 Å². The Balaban J connectivity index is 0. The van der Waals surface area contributed by atoms with Crippen LogP contribution in [0.15, 0.2) is 0 Å². The van der Waals surface area contributed by atoms with Crippen LogP contribution in [0.2, 0.25) is 0 Å². The van der Waals surface area contributed by atoms with Crippen molar-refractivity contribution in [2.75, 3.05) is 0 Å². The van der Waals surface area contributed by atoms with Gasteiger partial charge in [-0.15, -0.1) is 0 Å². The molecule has 0 radical (unpaired) electrons. The Bertz CT molecular complexity index is 3.61. The predicted octanol–water partition coefficient (Wildman–Crippen LogP) is -0.707. The van der Waals surface area contributed by atoms with Crippen LogP contribution < -0.4 is 0 Å². The Hall–Kier alpha value is 0.827. The first-order valence-electron chi connectivity index (χ1n) is 0. The van der Waals surface area contributed by atoms with Crippen LogP contribution in [-0.4, -0.2) is 21.9 Å². The first-order chi connectivity index (χ1) is 0. The number of hydrogen-bond acceptors (Lipinski definition) is 4. The fourth-order valence-electron chi connectivity index (χ4n) is 0. The molecule has 0 spiro atoms. The van der Waals surface area contributed by atoms with Gasteiger partial charge < -0.3 is 21.9 Å². The maximum atomic E-state index is 0. The fraction of sp³-hybridized carbons (Fsp3) is 0. The van der Waals surface area contributed by atoms with E-state index in [-0.39, 0.29) is 51.1 Å². The molecule has 5 heavy (non-hydrogen) atoms. The van der Waals surface area contributed by atoms with Gasteiger partial charge >= 0.3 is 29.2 Å². The van der Waals surface area contributed by atoms with Gasteiger partial charge in [0.05, 0.1) is 0 Å². The molecule has 0 saturated carbocycles. The molecular weight excluding hydrogens is 308 g/mol. The molecule has 0 atom stereocenters. The Kier molecular flexibility index (Phi) is 4100. The molecule has 0 aliphatic rings. The minimum Gasteiger partial charge on any atom is -0.870 e. The average molecular weight is 312 g/mol. The summed E-state index contributed by atoms with van der Waals surface area (Å²) in [4.78, 5) is 0. The van der Waals surface area contributed by atoms with Crippen LogP contribution in [-0.2, 0) is 0 Å². The summed E-state index contributed by atoms with van der Waals surface area (Å²) in [6, 6.07) is 0. The zero-order valence-corrected chi connectivity index (χ0v) is 5.60. The van der Waals surface area contributed by atoms with Gasteiger partial charge in [-0.1, -0.05) is 0 Å². The molecule has 4 N–H and O–H groups in total. The molecule has 0 aliphatic heterocycles. The van der Waals surface area contributed by atoms with Crippen molar-refractivity contribution in [1.29, 1.82) is 0 Å². The zero-order chi connectivity index (χ0) is 0. The second kappa shape index (κ2) is 103. The molecule has 0 rings (SSSR count). The van der Waals surface area contributed by atoms with Crippen molar-refractivity contribution in [3.8, 4) is 0 Å². The SMILES string of the molecule is [OH-].[OH-].[OH-].[OH-].[Pu+4]. The van der Waals surface area contributed by atoms with Crippen molar-refractivity contribution in [3.05, 3.63) is 0 Å².